The summed E-state index contributed by atoms with van der Waals surface area (Å²) in [4.78, 5) is 31.5. The lowest BCUT2D eigenvalue weighted by Gasteiger charge is -2.36. The van der Waals surface area contributed by atoms with E-state index in [0.717, 1.165) is 4.31 Å². The van der Waals surface area contributed by atoms with Crippen molar-refractivity contribution < 1.29 is 27.2 Å². The van der Waals surface area contributed by atoms with E-state index in [9.17, 15) is 18.0 Å². The van der Waals surface area contributed by atoms with Gasteiger partial charge < -0.3 is 23.9 Å². The molecule has 0 radical (unpaired) electrons. The number of hydrogen-bond donors (Lipinski definition) is 0. The minimum Gasteiger partial charge on any atom is -0.459 e. The first-order chi connectivity index (χ1) is 15.8. The zero-order valence-corrected chi connectivity index (χ0v) is 19.6. The molecule has 0 N–H and O–H groups in total. The van der Waals surface area contributed by atoms with Crippen LogP contribution in [-0.2, 0) is 14.8 Å². The molecule has 0 bridgehead atoms. The Balaban J connectivity index is 1.58. The van der Waals surface area contributed by atoms with Crippen molar-refractivity contribution >= 4 is 27.5 Å². The van der Waals surface area contributed by atoms with Crippen LogP contribution in [0.3, 0.4) is 0 Å². The molecule has 2 saturated heterocycles. The molecule has 2 amide bonds. The lowest BCUT2D eigenvalue weighted by atomic mass is 10.1. The number of rotatable bonds is 5. The van der Waals surface area contributed by atoms with Gasteiger partial charge in [0.1, 0.15) is 0 Å². The van der Waals surface area contributed by atoms with Crippen LogP contribution in [0.4, 0.5) is 5.69 Å². The molecule has 0 atom stereocenters. The number of sulfonamides is 1. The number of nitrogens with zero attached hydrogens (tertiary/aromatic N) is 4. The fourth-order valence-electron chi connectivity index (χ4n) is 3.98. The number of amides is 2. The minimum absolute atomic E-state index is 0.0690. The number of anilines is 1. The molecule has 2 aliphatic heterocycles. The lowest BCUT2D eigenvalue weighted by Crippen LogP contribution is -2.50. The van der Waals surface area contributed by atoms with Crippen molar-refractivity contribution in [2.24, 2.45) is 0 Å². The zero-order valence-electron chi connectivity index (χ0n) is 18.8. The van der Waals surface area contributed by atoms with E-state index in [-0.39, 0.29) is 22.5 Å². The molecule has 0 aliphatic carbocycles. The van der Waals surface area contributed by atoms with Crippen LogP contribution in [0.1, 0.15) is 20.9 Å². The standard InChI is InChI=1S/C22H28N4O6S/c1-23(2)33(29,30)17-5-6-19(24-11-14-31-15-12-24)18(16-17)21(27)25-7-9-26(10-8-25)22(28)20-4-3-13-32-20/h3-6,13,16H,7-12,14-15H2,1-2H3. The monoisotopic (exact) mass is 476 g/mol. The number of ether oxygens (including phenoxy) is 1. The van der Waals surface area contributed by atoms with Crippen LogP contribution < -0.4 is 4.90 Å². The molecule has 1 aromatic carbocycles. The number of carbonyl (C=O) groups excluding carboxylic acids is 2. The number of hydrogen-bond acceptors (Lipinski definition) is 7. The van der Waals surface area contributed by atoms with Crippen molar-refractivity contribution in [3.05, 3.63) is 47.9 Å². The van der Waals surface area contributed by atoms with Crippen molar-refractivity contribution in [1.82, 2.24) is 14.1 Å². The highest BCUT2D eigenvalue weighted by Crippen LogP contribution is 2.28. The Hall–Kier alpha value is -2.89. The van der Waals surface area contributed by atoms with Gasteiger partial charge in [0.15, 0.2) is 5.76 Å². The largest absolute Gasteiger partial charge is 0.459 e. The van der Waals surface area contributed by atoms with Gasteiger partial charge in [-0.25, -0.2) is 12.7 Å². The summed E-state index contributed by atoms with van der Waals surface area (Å²) in [6, 6.07) is 7.98. The van der Waals surface area contributed by atoms with Crippen LogP contribution in [0, 0.1) is 0 Å². The molecule has 178 valence electrons. The molecular weight excluding hydrogens is 448 g/mol. The summed E-state index contributed by atoms with van der Waals surface area (Å²) < 4.78 is 37.2. The second kappa shape index (κ2) is 9.54. The summed E-state index contributed by atoms with van der Waals surface area (Å²) in [5.74, 6) is -0.191. The maximum Gasteiger partial charge on any atom is 0.289 e. The summed E-state index contributed by atoms with van der Waals surface area (Å²) in [6.45, 7) is 3.74. The van der Waals surface area contributed by atoms with Crippen LogP contribution in [0.25, 0.3) is 0 Å². The maximum absolute atomic E-state index is 13.6. The predicted octanol–water partition coefficient (Wildman–Crippen LogP) is 0.965. The number of carbonyl (C=O) groups is 2. The van der Waals surface area contributed by atoms with Crippen molar-refractivity contribution in [1.29, 1.82) is 0 Å². The minimum atomic E-state index is -3.70. The van der Waals surface area contributed by atoms with E-state index < -0.39 is 10.0 Å². The van der Waals surface area contributed by atoms with Gasteiger partial charge in [0, 0.05) is 59.1 Å². The smallest absolute Gasteiger partial charge is 0.289 e. The lowest BCUT2D eigenvalue weighted by molar-refractivity contribution is 0.0518. The predicted molar refractivity (Wildman–Crippen MR) is 121 cm³/mol. The molecular formula is C22H28N4O6S. The van der Waals surface area contributed by atoms with Crippen molar-refractivity contribution in [2.45, 2.75) is 4.90 Å². The Labute approximate surface area is 193 Å². The third-order valence-electron chi connectivity index (χ3n) is 5.91. The first-order valence-electron chi connectivity index (χ1n) is 10.8. The van der Waals surface area contributed by atoms with E-state index in [0.29, 0.717) is 63.7 Å². The Bertz CT molecular complexity index is 1100. The van der Waals surface area contributed by atoms with Crippen LogP contribution in [0.15, 0.2) is 45.9 Å². The van der Waals surface area contributed by atoms with Crippen molar-refractivity contribution in [3.63, 3.8) is 0 Å². The van der Waals surface area contributed by atoms with E-state index in [1.807, 2.05) is 4.90 Å². The molecule has 0 spiro atoms. The first kappa shape index (κ1) is 23.3. The normalized spacial score (nSPS) is 17.5. The van der Waals surface area contributed by atoms with Gasteiger partial charge >= 0.3 is 0 Å². The highest BCUT2D eigenvalue weighted by atomic mass is 32.2. The second-order valence-corrected chi connectivity index (χ2v) is 10.3. The summed E-state index contributed by atoms with van der Waals surface area (Å²) in [5, 5.41) is 0. The Morgan fingerprint density at radius 1 is 0.909 bits per heavy atom. The maximum atomic E-state index is 13.6. The highest BCUT2D eigenvalue weighted by molar-refractivity contribution is 7.89. The van der Waals surface area contributed by atoms with Gasteiger partial charge in [-0.2, -0.15) is 0 Å². The third-order valence-corrected chi connectivity index (χ3v) is 7.73. The number of morpholine rings is 1. The van der Waals surface area contributed by atoms with Crippen molar-refractivity contribution in [3.8, 4) is 0 Å². The topological polar surface area (TPSA) is 104 Å². The number of benzene rings is 1. The average molecular weight is 477 g/mol. The summed E-state index contributed by atoms with van der Waals surface area (Å²) in [5.41, 5.74) is 1.03. The first-order valence-corrected chi connectivity index (χ1v) is 12.2. The van der Waals surface area contributed by atoms with Crippen LogP contribution in [-0.4, -0.2) is 101 Å². The van der Waals surface area contributed by atoms with E-state index >= 15 is 0 Å². The molecule has 2 aromatic rings. The molecule has 11 heteroatoms. The fraction of sp³-hybridized carbons (Fsp3) is 0.455. The van der Waals surface area contributed by atoms with Gasteiger partial charge in [-0.3, -0.25) is 9.59 Å². The number of piperazine rings is 1. The molecule has 0 unspecified atom stereocenters. The van der Waals surface area contributed by atoms with Gasteiger partial charge in [0.05, 0.1) is 29.9 Å². The van der Waals surface area contributed by atoms with Crippen molar-refractivity contribution in [2.75, 3.05) is 71.5 Å². The molecule has 2 fully saturated rings. The molecule has 3 heterocycles. The summed E-state index contributed by atoms with van der Waals surface area (Å²) in [6.07, 6.45) is 1.45. The van der Waals surface area contributed by atoms with Gasteiger partial charge in [-0.15, -0.1) is 0 Å². The molecule has 33 heavy (non-hydrogen) atoms. The number of furan rings is 1. The molecule has 1 aromatic heterocycles. The van der Waals surface area contributed by atoms with Crippen LogP contribution in [0.5, 0.6) is 0 Å². The molecule has 10 nitrogen and oxygen atoms in total. The second-order valence-electron chi connectivity index (χ2n) is 8.13. The Morgan fingerprint density at radius 3 is 2.12 bits per heavy atom. The van der Waals surface area contributed by atoms with Crippen LogP contribution >= 0.6 is 0 Å². The quantitative estimate of drug-likeness (QED) is 0.633. The van der Waals surface area contributed by atoms with Crippen LogP contribution in [0.2, 0.25) is 0 Å². The zero-order chi connectivity index (χ0) is 23.6. The van der Waals surface area contributed by atoms with Gasteiger partial charge in [-0.1, -0.05) is 0 Å². The highest BCUT2D eigenvalue weighted by Gasteiger charge is 2.30. The van der Waals surface area contributed by atoms with Gasteiger partial charge in [-0.05, 0) is 30.3 Å². The average Bonchev–Trinajstić information content (AvgIpc) is 3.38. The van der Waals surface area contributed by atoms with Gasteiger partial charge in [0.25, 0.3) is 11.8 Å². The Kier molecular flexibility index (Phi) is 6.73. The van der Waals surface area contributed by atoms with E-state index in [2.05, 4.69) is 0 Å². The SMILES string of the molecule is CN(C)S(=O)(=O)c1ccc(N2CCOCC2)c(C(=O)N2CCN(C(=O)c3ccco3)CC2)c1. The molecule has 2 aliphatic rings. The van der Waals surface area contributed by atoms with E-state index in [1.165, 1.54) is 32.5 Å². The van der Waals surface area contributed by atoms with E-state index in [1.54, 1.807) is 28.0 Å². The molecule has 0 saturated carbocycles. The van der Waals surface area contributed by atoms with Gasteiger partial charge in [0.2, 0.25) is 10.0 Å². The Morgan fingerprint density at radius 2 is 1.55 bits per heavy atom. The summed E-state index contributed by atoms with van der Waals surface area (Å²) in [7, 11) is -0.780. The third kappa shape index (κ3) is 4.75. The van der Waals surface area contributed by atoms with E-state index in [4.69, 9.17) is 9.15 Å². The molecule has 4 rings (SSSR count). The fourth-order valence-corrected chi connectivity index (χ4v) is 4.91. The summed E-state index contributed by atoms with van der Waals surface area (Å²) >= 11 is 0.